The fraction of sp³-hybridized carbons (Fsp3) is 0.208. The summed E-state index contributed by atoms with van der Waals surface area (Å²) in [5.74, 6) is -1.87. The Morgan fingerprint density at radius 3 is 2.48 bits per heavy atom. The monoisotopic (exact) mass is 418 g/mol. The van der Waals surface area contributed by atoms with E-state index in [-0.39, 0.29) is 18.1 Å². The summed E-state index contributed by atoms with van der Waals surface area (Å²) in [4.78, 5) is 17.7. The van der Waals surface area contributed by atoms with Crippen molar-refractivity contribution in [3.63, 3.8) is 0 Å². The van der Waals surface area contributed by atoms with Gasteiger partial charge in [0, 0.05) is 12.5 Å². The van der Waals surface area contributed by atoms with Crippen LogP contribution in [-0.2, 0) is 6.42 Å². The number of carbonyl (C=O) groups excluding carboxylic acids is 1. The molecule has 0 aliphatic heterocycles. The van der Waals surface area contributed by atoms with Crippen molar-refractivity contribution in [2.24, 2.45) is 0 Å². The van der Waals surface area contributed by atoms with Crippen LogP contribution in [0, 0.1) is 25.5 Å². The highest BCUT2D eigenvalue weighted by Crippen LogP contribution is 2.37. The van der Waals surface area contributed by atoms with E-state index in [9.17, 15) is 13.6 Å². The predicted octanol–water partition coefficient (Wildman–Crippen LogP) is 4.81. The number of carbonyl (C=O) groups is 1. The van der Waals surface area contributed by atoms with Crippen LogP contribution in [0.15, 0.2) is 42.6 Å². The summed E-state index contributed by atoms with van der Waals surface area (Å²) >= 11 is 0. The summed E-state index contributed by atoms with van der Waals surface area (Å²) in [6.07, 6.45) is 2.11. The van der Waals surface area contributed by atoms with Crippen molar-refractivity contribution in [2.45, 2.75) is 32.6 Å². The van der Waals surface area contributed by atoms with Gasteiger partial charge in [-0.05, 0) is 67.1 Å². The second-order valence-corrected chi connectivity index (χ2v) is 8.14. The quantitative estimate of drug-likeness (QED) is 0.507. The van der Waals surface area contributed by atoms with Crippen molar-refractivity contribution < 1.29 is 13.6 Å². The Balaban J connectivity index is 1.64. The number of fused-ring (bicyclic) bond motifs is 2. The number of aryl methyl sites for hydroxylation is 2. The van der Waals surface area contributed by atoms with Crippen molar-refractivity contribution in [1.29, 1.82) is 0 Å². The number of ketones is 1. The number of pyridine rings is 1. The van der Waals surface area contributed by atoms with Gasteiger partial charge in [-0.3, -0.25) is 4.79 Å². The van der Waals surface area contributed by atoms with Gasteiger partial charge in [-0.2, -0.15) is 5.10 Å². The molecule has 0 fully saturated rings. The zero-order chi connectivity index (χ0) is 21.9. The van der Waals surface area contributed by atoms with E-state index in [0.29, 0.717) is 40.0 Å². The van der Waals surface area contributed by atoms with Crippen LogP contribution in [0.3, 0.4) is 0 Å². The van der Waals surface area contributed by atoms with E-state index in [1.54, 1.807) is 10.9 Å². The molecule has 0 radical (unpaired) electrons. The molecule has 1 aliphatic rings. The molecule has 1 aliphatic carbocycles. The zero-order valence-electron chi connectivity index (χ0n) is 17.1. The minimum Gasteiger partial charge on any atom is -0.397 e. The number of Topliss-reactive ketones (excluding diaryl/α,β-unsaturated/α-hetero) is 1. The third-order valence-electron chi connectivity index (χ3n) is 6.07. The molecule has 0 saturated heterocycles. The number of benzene rings is 2. The summed E-state index contributed by atoms with van der Waals surface area (Å²) in [6, 6.07) is 9.35. The molecule has 1 atom stereocenters. The molecule has 1 unspecified atom stereocenters. The van der Waals surface area contributed by atoms with Crippen molar-refractivity contribution in [1.82, 2.24) is 14.8 Å². The van der Waals surface area contributed by atoms with Crippen molar-refractivity contribution in [3.05, 3.63) is 82.2 Å². The van der Waals surface area contributed by atoms with Crippen molar-refractivity contribution in [3.8, 4) is 5.69 Å². The van der Waals surface area contributed by atoms with E-state index >= 15 is 0 Å². The number of rotatable bonds is 2. The van der Waals surface area contributed by atoms with Crippen LogP contribution in [0.1, 0.15) is 45.1 Å². The molecule has 5 nitrogen and oxygen atoms in total. The molecule has 31 heavy (non-hydrogen) atoms. The van der Waals surface area contributed by atoms with Crippen molar-refractivity contribution in [2.75, 3.05) is 5.73 Å². The first-order valence-corrected chi connectivity index (χ1v) is 10.0. The SMILES string of the molecule is Cc1ccc(-n2ncc3c(N)c4c(nc32)CC(c2cc(F)cc(F)c2)CC4=O)cc1C. The minimum absolute atomic E-state index is 0.124. The molecule has 7 heteroatoms. The zero-order valence-corrected chi connectivity index (χ0v) is 17.1. The predicted molar refractivity (Wildman–Crippen MR) is 115 cm³/mol. The van der Waals surface area contributed by atoms with Gasteiger partial charge in [0.15, 0.2) is 11.4 Å². The Hall–Kier alpha value is -3.61. The van der Waals surface area contributed by atoms with E-state index in [4.69, 9.17) is 10.7 Å². The number of anilines is 1. The number of nitrogens with two attached hydrogens (primary N) is 1. The van der Waals surface area contributed by atoms with Gasteiger partial charge in [-0.25, -0.2) is 18.4 Å². The highest BCUT2D eigenvalue weighted by molar-refractivity contribution is 6.09. The average molecular weight is 418 g/mol. The molecule has 0 amide bonds. The van der Waals surface area contributed by atoms with Crippen LogP contribution in [0.4, 0.5) is 14.5 Å². The number of aromatic nitrogens is 3. The lowest BCUT2D eigenvalue weighted by Gasteiger charge is -2.24. The Bertz CT molecular complexity index is 1360. The molecule has 2 aromatic heterocycles. The van der Waals surface area contributed by atoms with Gasteiger partial charge in [0.25, 0.3) is 0 Å². The molecule has 2 N–H and O–H groups in total. The second-order valence-electron chi connectivity index (χ2n) is 8.14. The fourth-order valence-corrected chi connectivity index (χ4v) is 4.30. The van der Waals surface area contributed by atoms with Gasteiger partial charge in [0.1, 0.15) is 11.6 Å². The lowest BCUT2D eigenvalue weighted by Crippen LogP contribution is -2.22. The molecule has 156 valence electrons. The number of hydrogen-bond donors (Lipinski definition) is 1. The first-order chi connectivity index (χ1) is 14.8. The van der Waals surface area contributed by atoms with Gasteiger partial charge < -0.3 is 5.73 Å². The summed E-state index contributed by atoms with van der Waals surface area (Å²) in [7, 11) is 0. The number of nitrogens with zero attached hydrogens (tertiary/aromatic N) is 3. The molecule has 0 spiro atoms. The first-order valence-electron chi connectivity index (χ1n) is 10.0. The molecule has 4 aromatic rings. The van der Waals surface area contributed by atoms with Crippen molar-refractivity contribution >= 4 is 22.5 Å². The fourth-order valence-electron chi connectivity index (χ4n) is 4.30. The first kappa shape index (κ1) is 19.4. The maximum atomic E-state index is 13.7. The molecular formula is C24H20F2N4O. The van der Waals surface area contributed by atoms with Crippen LogP contribution in [0.25, 0.3) is 16.7 Å². The molecule has 5 rings (SSSR count). The van der Waals surface area contributed by atoms with Gasteiger partial charge in [-0.1, -0.05) is 6.07 Å². The van der Waals surface area contributed by atoms with Crippen LogP contribution < -0.4 is 5.73 Å². The largest absolute Gasteiger partial charge is 0.397 e. The Morgan fingerprint density at radius 2 is 1.77 bits per heavy atom. The summed E-state index contributed by atoms with van der Waals surface area (Å²) in [5, 5.41) is 5.07. The maximum Gasteiger partial charge on any atom is 0.167 e. The van der Waals surface area contributed by atoms with E-state index in [1.165, 1.54) is 17.7 Å². The average Bonchev–Trinajstić information content (AvgIpc) is 3.13. The summed E-state index contributed by atoms with van der Waals surface area (Å²) in [6.45, 7) is 4.06. The van der Waals surface area contributed by atoms with Crippen LogP contribution >= 0.6 is 0 Å². The van der Waals surface area contributed by atoms with E-state index < -0.39 is 11.6 Å². The van der Waals surface area contributed by atoms with E-state index in [1.807, 2.05) is 32.0 Å². The van der Waals surface area contributed by atoms with E-state index in [2.05, 4.69) is 5.10 Å². The van der Waals surface area contributed by atoms with Gasteiger partial charge in [0.05, 0.1) is 34.2 Å². The number of nitrogen functional groups attached to an aromatic ring is 1. The highest BCUT2D eigenvalue weighted by Gasteiger charge is 2.31. The Morgan fingerprint density at radius 1 is 1.03 bits per heavy atom. The molecule has 2 aromatic carbocycles. The Labute approximate surface area is 177 Å². The van der Waals surface area contributed by atoms with E-state index in [0.717, 1.165) is 17.3 Å². The van der Waals surface area contributed by atoms with Gasteiger partial charge >= 0.3 is 0 Å². The topological polar surface area (TPSA) is 73.8 Å². The van der Waals surface area contributed by atoms with Crippen LogP contribution in [0.5, 0.6) is 0 Å². The third kappa shape index (κ3) is 3.17. The number of halogens is 2. The highest BCUT2D eigenvalue weighted by atomic mass is 19.1. The number of hydrogen-bond acceptors (Lipinski definition) is 4. The lowest BCUT2D eigenvalue weighted by molar-refractivity contribution is 0.0964. The molecule has 0 saturated carbocycles. The summed E-state index contributed by atoms with van der Waals surface area (Å²) in [5.41, 5.74) is 11.8. The molecule has 2 heterocycles. The smallest absolute Gasteiger partial charge is 0.167 e. The standard InChI is InChI=1S/C24H20F2N4O/c1-12-3-4-18(5-13(12)2)30-24-19(11-28-30)23(27)22-20(29-24)8-15(9-21(22)31)14-6-16(25)10-17(26)7-14/h3-7,10-11,15H,8-9H2,1-2H3,(H2,27,29). The van der Waals surface area contributed by atoms with Crippen LogP contribution in [0.2, 0.25) is 0 Å². The second kappa shape index (κ2) is 6.97. The minimum atomic E-state index is -0.663. The Kier molecular flexibility index (Phi) is 4.36. The van der Waals surface area contributed by atoms with Gasteiger partial charge in [-0.15, -0.1) is 0 Å². The van der Waals surface area contributed by atoms with Gasteiger partial charge in [0.2, 0.25) is 0 Å². The summed E-state index contributed by atoms with van der Waals surface area (Å²) < 4.78 is 29.2. The molecular weight excluding hydrogens is 398 g/mol. The van der Waals surface area contributed by atoms with Crippen LogP contribution in [-0.4, -0.2) is 20.5 Å². The lowest BCUT2D eigenvalue weighted by atomic mass is 9.81. The molecule has 0 bridgehead atoms. The maximum absolute atomic E-state index is 13.7. The third-order valence-corrected chi connectivity index (χ3v) is 6.07. The normalized spacial score (nSPS) is 16.0.